The van der Waals surface area contributed by atoms with E-state index < -0.39 is 4.92 Å². The molecule has 8 nitrogen and oxygen atoms in total. The topological polar surface area (TPSA) is 98.5 Å². The number of nitro benzene ring substituents is 1. The number of morpholine rings is 1. The SMILES string of the molecule is CC(=O)c1ccc(Sc2nnc(N3CCOCC3)s2)c([N+](=O)[O-])c1. The second-order valence-corrected chi connectivity index (χ2v) is 7.29. The Balaban J connectivity index is 1.82. The van der Waals surface area contributed by atoms with Crippen LogP contribution >= 0.6 is 23.1 Å². The zero-order valence-corrected chi connectivity index (χ0v) is 14.4. The van der Waals surface area contributed by atoms with Gasteiger partial charge in [0.15, 0.2) is 10.1 Å². The molecule has 1 aromatic carbocycles. The lowest BCUT2D eigenvalue weighted by Crippen LogP contribution is -2.36. The highest BCUT2D eigenvalue weighted by atomic mass is 32.2. The molecule has 0 radical (unpaired) electrons. The molecule has 2 heterocycles. The molecular formula is C14H14N4O4S2. The quantitative estimate of drug-likeness (QED) is 0.452. The lowest BCUT2D eigenvalue weighted by Gasteiger charge is -2.25. The third kappa shape index (κ3) is 3.71. The van der Waals surface area contributed by atoms with Crippen molar-refractivity contribution in [3.8, 4) is 0 Å². The number of anilines is 1. The number of hydrogen-bond donors (Lipinski definition) is 0. The first-order valence-electron chi connectivity index (χ1n) is 7.18. The maximum atomic E-state index is 11.4. The fraction of sp³-hybridized carbons (Fsp3) is 0.357. The minimum absolute atomic E-state index is 0.101. The molecule has 1 aromatic heterocycles. The largest absolute Gasteiger partial charge is 0.378 e. The maximum absolute atomic E-state index is 11.4. The number of benzene rings is 1. The fourth-order valence-electron chi connectivity index (χ4n) is 2.19. The standard InChI is InChI=1S/C14H14N4O4S2/c1-9(19)10-2-3-12(11(8-10)18(20)21)23-14-16-15-13(24-14)17-4-6-22-7-5-17/h2-3,8H,4-7H2,1H3. The van der Waals surface area contributed by atoms with Crippen LogP contribution in [0.1, 0.15) is 17.3 Å². The molecule has 0 bridgehead atoms. The molecule has 1 fully saturated rings. The molecule has 0 unspecified atom stereocenters. The van der Waals surface area contributed by atoms with E-state index in [0.29, 0.717) is 28.0 Å². The number of ether oxygens (including phenoxy) is 1. The van der Waals surface area contributed by atoms with Crippen molar-refractivity contribution in [1.82, 2.24) is 10.2 Å². The van der Waals surface area contributed by atoms with Crippen molar-refractivity contribution in [2.24, 2.45) is 0 Å². The summed E-state index contributed by atoms with van der Waals surface area (Å²) in [6.45, 7) is 4.20. The van der Waals surface area contributed by atoms with Gasteiger partial charge in [-0.25, -0.2) is 0 Å². The number of carbonyl (C=O) groups excluding carboxylic acids is 1. The van der Waals surface area contributed by atoms with E-state index in [1.165, 1.54) is 36.1 Å². The molecule has 1 aliphatic rings. The van der Waals surface area contributed by atoms with Crippen molar-refractivity contribution in [2.75, 3.05) is 31.2 Å². The van der Waals surface area contributed by atoms with Crippen LogP contribution in [0.25, 0.3) is 0 Å². The van der Waals surface area contributed by atoms with Gasteiger partial charge in [-0.15, -0.1) is 10.2 Å². The Labute approximate surface area is 146 Å². The molecule has 1 aliphatic heterocycles. The number of ketones is 1. The molecule has 3 rings (SSSR count). The molecule has 2 aromatic rings. The summed E-state index contributed by atoms with van der Waals surface area (Å²) >= 11 is 2.57. The third-order valence-electron chi connectivity index (χ3n) is 3.44. The van der Waals surface area contributed by atoms with Crippen molar-refractivity contribution < 1.29 is 14.5 Å². The van der Waals surface area contributed by atoms with Crippen LogP contribution < -0.4 is 4.90 Å². The smallest absolute Gasteiger partial charge is 0.284 e. The second-order valence-electron chi connectivity index (χ2n) is 5.05. The summed E-state index contributed by atoms with van der Waals surface area (Å²) in [5, 5.41) is 20.3. The normalized spacial score (nSPS) is 14.6. The van der Waals surface area contributed by atoms with E-state index in [-0.39, 0.29) is 11.5 Å². The molecule has 1 saturated heterocycles. The summed E-state index contributed by atoms with van der Waals surface area (Å²) < 4.78 is 5.92. The van der Waals surface area contributed by atoms with Gasteiger partial charge in [-0.1, -0.05) is 11.3 Å². The Hall–Kier alpha value is -2.04. The van der Waals surface area contributed by atoms with E-state index in [9.17, 15) is 14.9 Å². The minimum atomic E-state index is -0.487. The first kappa shape index (κ1) is 16.8. The van der Waals surface area contributed by atoms with E-state index in [0.717, 1.165) is 18.2 Å². The fourth-order valence-corrected chi connectivity index (χ4v) is 4.12. The van der Waals surface area contributed by atoms with Gasteiger partial charge >= 0.3 is 0 Å². The highest BCUT2D eigenvalue weighted by Crippen LogP contribution is 2.38. The van der Waals surface area contributed by atoms with Gasteiger partial charge in [-0.2, -0.15) is 0 Å². The Kier molecular flexibility index (Phi) is 5.07. The highest BCUT2D eigenvalue weighted by Gasteiger charge is 2.20. The van der Waals surface area contributed by atoms with Crippen LogP contribution in [0.15, 0.2) is 27.4 Å². The Morgan fingerprint density at radius 1 is 1.38 bits per heavy atom. The van der Waals surface area contributed by atoms with Gasteiger partial charge in [0.2, 0.25) is 5.13 Å². The van der Waals surface area contributed by atoms with Gasteiger partial charge in [-0.3, -0.25) is 14.9 Å². The predicted molar refractivity (Wildman–Crippen MR) is 90.2 cm³/mol. The molecule has 0 atom stereocenters. The number of rotatable bonds is 5. The number of nitro groups is 1. The highest BCUT2D eigenvalue weighted by molar-refractivity contribution is 8.01. The number of nitrogens with zero attached hydrogens (tertiary/aromatic N) is 4. The number of carbonyl (C=O) groups is 1. The van der Waals surface area contributed by atoms with Gasteiger partial charge in [0.1, 0.15) is 0 Å². The summed E-state index contributed by atoms with van der Waals surface area (Å²) in [7, 11) is 0. The number of hydrogen-bond acceptors (Lipinski definition) is 9. The first-order chi connectivity index (χ1) is 11.5. The van der Waals surface area contributed by atoms with Gasteiger partial charge in [0, 0.05) is 24.7 Å². The molecule has 0 aliphatic carbocycles. The molecular weight excluding hydrogens is 352 g/mol. The van der Waals surface area contributed by atoms with Crippen LogP contribution in [0.2, 0.25) is 0 Å². The van der Waals surface area contributed by atoms with E-state index >= 15 is 0 Å². The molecule has 0 amide bonds. The Bertz CT molecular complexity index is 774. The lowest BCUT2D eigenvalue weighted by molar-refractivity contribution is -0.387. The first-order valence-corrected chi connectivity index (χ1v) is 8.81. The van der Waals surface area contributed by atoms with E-state index in [1.54, 1.807) is 12.1 Å². The summed E-state index contributed by atoms with van der Waals surface area (Å²) in [5.41, 5.74) is 0.216. The van der Waals surface area contributed by atoms with Crippen LogP contribution in [0.5, 0.6) is 0 Å². The van der Waals surface area contributed by atoms with Crippen molar-refractivity contribution in [3.05, 3.63) is 33.9 Å². The average molecular weight is 366 g/mol. The zero-order chi connectivity index (χ0) is 17.1. The molecule has 0 N–H and O–H groups in total. The summed E-state index contributed by atoms with van der Waals surface area (Å²) in [5.74, 6) is -0.208. The van der Waals surface area contributed by atoms with Crippen LogP contribution in [0.4, 0.5) is 10.8 Å². The molecule has 0 spiro atoms. The molecule has 24 heavy (non-hydrogen) atoms. The van der Waals surface area contributed by atoms with Crippen molar-refractivity contribution >= 4 is 39.7 Å². The van der Waals surface area contributed by atoms with Crippen LogP contribution in [-0.4, -0.2) is 47.2 Å². The zero-order valence-electron chi connectivity index (χ0n) is 12.8. The van der Waals surface area contributed by atoms with Crippen molar-refractivity contribution in [1.29, 1.82) is 0 Å². The Morgan fingerprint density at radius 3 is 2.79 bits per heavy atom. The monoisotopic (exact) mass is 366 g/mol. The van der Waals surface area contributed by atoms with Crippen molar-refractivity contribution in [3.63, 3.8) is 0 Å². The molecule has 10 heteroatoms. The second kappa shape index (κ2) is 7.24. The van der Waals surface area contributed by atoms with Crippen LogP contribution in [-0.2, 0) is 4.74 Å². The van der Waals surface area contributed by atoms with Crippen LogP contribution in [0, 0.1) is 10.1 Å². The van der Waals surface area contributed by atoms with E-state index in [1.807, 2.05) is 0 Å². The van der Waals surface area contributed by atoms with E-state index in [2.05, 4.69) is 15.1 Å². The van der Waals surface area contributed by atoms with Gasteiger partial charge in [0.05, 0.1) is 23.0 Å². The number of Topliss-reactive ketones (excluding diaryl/α,β-unsaturated/α-hetero) is 1. The summed E-state index contributed by atoms with van der Waals surface area (Å²) in [6.07, 6.45) is 0. The third-order valence-corrected chi connectivity index (χ3v) is 5.54. The number of aromatic nitrogens is 2. The lowest BCUT2D eigenvalue weighted by atomic mass is 10.1. The van der Waals surface area contributed by atoms with Gasteiger partial charge in [0.25, 0.3) is 5.69 Å². The predicted octanol–water partition coefficient (Wildman–Crippen LogP) is 2.64. The summed E-state index contributed by atoms with van der Waals surface area (Å²) in [6, 6.07) is 4.46. The summed E-state index contributed by atoms with van der Waals surface area (Å²) in [4.78, 5) is 24.7. The Morgan fingerprint density at radius 2 is 2.12 bits per heavy atom. The van der Waals surface area contributed by atoms with Crippen LogP contribution in [0.3, 0.4) is 0 Å². The average Bonchev–Trinajstić information content (AvgIpc) is 3.04. The van der Waals surface area contributed by atoms with Gasteiger partial charge in [-0.05, 0) is 30.8 Å². The minimum Gasteiger partial charge on any atom is -0.378 e. The van der Waals surface area contributed by atoms with E-state index in [4.69, 9.17) is 4.74 Å². The molecule has 126 valence electrons. The maximum Gasteiger partial charge on any atom is 0.284 e. The molecule has 0 saturated carbocycles. The van der Waals surface area contributed by atoms with Crippen molar-refractivity contribution in [2.45, 2.75) is 16.2 Å². The van der Waals surface area contributed by atoms with Gasteiger partial charge < -0.3 is 9.64 Å².